The van der Waals surface area contributed by atoms with E-state index in [2.05, 4.69) is 13.0 Å². The zero-order chi connectivity index (χ0) is 17.2. The smallest absolute Gasteiger partial charge is 0.226 e. The van der Waals surface area contributed by atoms with Crippen LogP contribution in [0.15, 0.2) is 54.6 Å². The molecule has 24 heavy (non-hydrogen) atoms. The Morgan fingerprint density at radius 2 is 1.83 bits per heavy atom. The van der Waals surface area contributed by atoms with E-state index in [1.165, 1.54) is 0 Å². The van der Waals surface area contributed by atoms with E-state index in [-0.39, 0.29) is 5.91 Å². The van der Waals surface area contributed by atoms with Crippen molar-refractivity contribution in [2.24, 2.45) is 0 Å². The van der Waals surface area contributed by atoms with E-state index in [1.54, 1.807) is 12.1 Å². The minimum atomic E-state index is 0.0807. The van der Waals surface area contributed by atoms with Crippen LogP contribution in [-0.4, -0.2) is 24.0 Å². The molecule has 0 aromatic heterocycles. The van der Waals surface area contributed by atoms with Crippen LogP contribution in [0, 0.1) is 11.3 Å². The highest BCUT2D eigenvalue weighted by Gasteiger charge is 2.13. The van der Waals surface area contributed by atoms with Crippen LogP contribution in [0.2, 0.25) is 0 Å². The van der Waals surface area contributed by atoms with Crippen LogP contribution in [-0.2, 0) is 11.3 Å². The van der Waals surface area contributed by atoms with Gasteiger partial charge in [0.05, 0.1) is 24.7 Å². The number of hydrogen-bond donors (Lipinski definition) is 0. The van der Waals surface area contributed by atoms with E-state index in [1.807, 2.05) is 47.4 Å². The van der Waals surface area contributed by atoms with Gasteiger partial charge in [-0.3, -0.25) is 4.79 Å². The number of para-hydroxylation sites is 1. The third-order valence-electron chi connectivity index (χ3n) is 3.63. The number of carbonyl (C=O) groups is 1. The van der Waals surface area contributed by atoms with Gasteiger partial charge in [-0.1, -0.05) is 37.3 Å². The zero-order valence-electron chi connectivity index (χ0n) is 13.9. The second-order valence-corrected chi connectivity index (χ2v) is 5.54. The molecular weight excluding hydrogens is 300 g/mol. The van der Waals surface area contributed by atoms with Gasteiger partial charge in [0.2, 0.25) is 5.91 Å². The predicted octanol–water partition coefficient (Wildman–Crippen LogP) is 3.77. The number of benzene rings is 2. The van der Waals surface area contributed by atoms with Crippen LogP contribution in [0.1, 0.15) is 30.9 Å². The molecule has 4 nitrogen and oxygen atoms in total. The summed E-state index contributed by atoms with van der Waals surface area (Å²) in [5, 5.41) is 8.85. The summed E-state index contributed by atoms with van der Waals surface area (Å²) >= 11 is 0. The molecule has 0 aliphatic heterocycles. The van der Waals surface area contributed by atoms with Crippen molar-refractivity contribution in [3.8, 4) is 11.8 Å². The summed E-state index contributed by atoms with van der Waals surface area (Å²) in [6.45, 7) is 3.70. The fourth-order valence-electron chi connectivity index (χ4n) is 2.40. The SMILES string of the molecule is CCCN(Cc1ccc(C#N)cc1)C(=O)CCOc1ccccc1. The molecule has 124 valence electrons. The van der Waals surface area contributed by atoms with E-state index in [9.17, 15) is 4.79 Å². The molecule has 0 atom stereocenters. The van der Waals surface area contributed by atoms with Gasteiger partial charge >= 0.3 is 0 Å². The lowest BCUT2D eigenvalue weighted by molar-refractivity contribution is -0.132. The number of amides is 1. The standard InChI is InChI=1S/C20H22N2O2/c1-2-13-22(16-18-10-8-17(15-21)9-11-18)20(23)12-14-24-19-6-4-3-5-7-19/h3-11H,2,12-14,16H2,1H3. The summed E-state index contributed by atoms with van der Waals surface area (Å²) in [5.74, 6) is 0.858. The third-order valence-corrected chi connectivity index (χ3v) is 3.63. The zero-order valence-corrected chi connectivity index (χ0v) is 13.9. The number of hydrogen-bond acceptors (Lipinski definition) is 3. The monoisotopic (exact) mass is 322 g/mol. The molecule has 0 heterocycles. The number of carbonyl (C=O) groups excluding carboxylic acids is 1. The maximum Gasteiger partial charge on any atom is 0.226 e. The van der Waals surface area contributed by atoms with Crippen molar-refractivity contribution in [3.05, 3.63) is 65.7 Å². The van der Waals surface area contributed by atoms with Gasteiger partial charge in [-0.2, -0.15) is 5.26 Å². The molecule has 0 fully saturated rings. The third kappa shape index (κ3) is 5.44. The fourth-order valence-corrected chi connectivity index (χ4v) is 2.40. The van der Waals surface area contributed by atoms with Gasteiger partial charge < -0.3 is 9.64 Å². The van der Waals surface area contributed by atoms with Gasteiger partial charge in [0.25, 0.3) is 0 Å². The van der Waals surface area contributed by atoms with Gasteiger partial charge in [-0.15, -0.1) is 0 Å². The predicted molar refractivity (Wildman–Crippen MR) is 93.4 cm³/mol. The molecule has 4 heteroatoms. The number of nitriles is 1. The Bertz CT molecular complexity index is 675. The van der Waals surface area contributed by atoms with E-state index in [4.69, 9.17) is 10.00 Å². The minimum Gasteiger partial charge on any atom is -0.493 e. The fraction of sp³-hybridized carbons (Fsp3) is 0.300. The average molecular weight is 322 g/mol. The van der Waals surface area contributed by atoms with Gasteiger partial charge in [0, 0.05) is 13.1 Å². The van der Waals surface area contributed by atoms with Gasteiger partial charge in [-0.25, -0.2) is 0 Å². The summed E-state index contributed by atoms with van der Waals surface area (Å²) in [6, 6.07) is 19.0. The van der Waals surface area contributed by atoms with Crippen LogP contribution >= 0.6 is 0 Å². The maximum atomic E-state index is 12.4. The Morgan fingerprint density at radius 3 is 2.46 bits per heavy atom. The minimum absolute atomic E-state index is 0.0807. The highest BCUT2D eigenvalue weighted by Crippen LogP contribution is 2.11. The van der Waals surface area contributed by atoms with Crippen LogP contribution in [0.3, 0.4) is 0 Å². The largest absolute Gasteiger partial charge is 0.493 e. The van der Waals surface area contributed by atoms with Crippen molar-refractivity contribution in [2.45, 2.75) is 26.3 Å². The van der Waals surface area contributed by atoms with Gasteiger partial charge in [0.15, 0.2) is 0 Å². The van der Waals surface area contributed by atoms with Crippen LogP contribution in [0.5, 0.6) is 5.75 Å². The lowest BCUT2D eigenvalue weighted by Crippen LogP contribution is -2.32. The molecule has 2 aromatic carbocycles. The number of ether oxygens (including phenoxy) is 1. The molecule has 1 amide bonds. The average Bonchev–Trinajstić information content (AvgIpc) is 2.63. The molecule has 0 saturated carbocycles. The van der Waals surface area contributed by atoms with Crippen LogP contribution in [0.25, 0.3) is 0 Å². The second-order valence-electron chi connectivity index (χ2n) is 5.54. The molecule has 0 radical (unpaired) electrons. The highest BCUT2D eigenvalue weighted by molar-refractivity contribution is 5.76. The van der Waals surface area contributed by atoms with Gasteiger partial charge in [0.1, 0.15) is 5.75 Å². The molecule has 0 unspecified atom stereocenters. The first-order valence-corrected chi connectivity index (χ1v) is 8.17. The summed E-state index contributed by atoms with van der Waals surface area (Å²) in [5.41, 5.74) is 1.66. The Kier molecular flexibility index (Phi) is 6.85. The lowest BCUT2D eigenvalue weighted by atomic mass is 10.1. The Balaban J connectivity index is 1.88. The molecule has 0 aliphatic rings. The first-order valence-electron chi connectivity index (χ1n) is 8.17. The van der Waals surface area contributed by atoms with Gasteiger partial charge in [-0.05, 0) is 36.2 Å². The Hall–Kier alpha value is -2.80. The van der Waals surface area contributed by atoms with Crippen molar-refractivity contribution in [1.29, 1.82) is 5.26 Å². The van der Waals surface area contributed by atoms with E-state index in [0.717, 1.165) is 17.7 Å². The van der Waals surface area contributed by atoms with Crippen molar-refractivity contribution >= 4 is 5.91 Å². The quantitative estimate of drug-likeness (QED) is 0.743. The van der Waals surface area contributed by atoms with E-state index < -0.39 is 0 Å². The Morgan fingerprint density at radius 1 is 1.12 bits per heavy atom. The molecule has 0 bridgehead atoms. The molecule has 0 spiro atoms. The molecule has 2 aromatic rings. The van der Waals surface area contributed by atoms with E-state index >= 15 is 0 Å². The molecule has 0 saturated heterocycles. The van der Waals surface area contributed by atoms with Crippen LogP contribution < -0.4 is 4.74 Å². The first kappa shape index (κ1) is 17.6. The normalized spacial score (nSPS) is 10.0. The molecule has 2 rings (SSSR count). The number of rotatable bonds is 8. The Labute approximate surface area is 143 Å². The highest BCUT2D eigenvalue weighted by atomic mass is 16.5. The van der Waals surface area contributed by atoms with Crippen molar-refractivity contribution < 1.29 is 9.53 Å². The summed E-state index contributed by atoms with van der Waals surface area (Å²) in [6.07, 6.45) is 1.26. The summed E-state index contributed by atoms with van der Waals surface area (Å²) in [4.78, 5) is 14.3. The molecule has 0 aliphatic carbocycles. The molecule has 0 N–H and O–H groups in total. The van der Waals surface area contributed by atoms with Crippen molar-refractivity contribution in [2.75, 3.05) is 13.2 Å². The molecular formula is C20H22N2O2. The second kappa shape index (κ2) is 9.36. The topological polar surface area (TPSA) is 53.3 Å². The number of nitrogens with zero attached hydrogens (tertiary/aromatic N) is 2. The van der Waals surface area contributed by atoms with Crippen molar-refractivity contribution in [1.82, 2.24) is 4.90 Å². The first-order chi connectivity index (χ1) is 11.7. The lowest BCUT2D eigenvalue weighted by Gasteiger charge is -2.22. The van der Waals surface area contributed by atoms with Crippen molar-refractivity contribution in [3.63, 3.8) is 0 Å². The summed E-state index contributed by atoms with van der Waals surface area (Å²) < 4.78 is 5.60. The van der Waals surface area contributed by atoms with Crippen LogP contribution in [0.4, 0.5) is 0 Å². The summed E-state index contributed by atoms with van der Waals surface area (Å²) in [7, 11) is 0. The van der Waals surface area contributed by atoms with E-state index in [0.29, 0.717) is 31.7 Å². The maximum absolute atomic E-state index is 12.4.